The van der Waals surface area contributed by atoms with Crippen LogP contribution in [0.2, 0.25) is 0 Å². The van der Waals surface area contributed by atoms with E-state index in [9.17, 15) is 4.79 Å². The first kappa shape index (κ1) is 17.5. The van der Waals surface area contributed by atoms with Gasteiger partial charge in [0.1, 0.15) is 11.9 Å². The highest BCUT2D eigenvalue weighted by Crippen LogP contribution is 2.34. The molecule has 5 rings (SSSR count). The lowest BCUT2D eigenvalue weighted by Gasteiger charge is -2.24. The summed E-state index contributed by atoms with van der Waals surface area (Å²) in [5, 5.41) is 11.0. The highest BCUT2D eigenvalue weighted by atomic mass is 16.7. The molecule has 0 saturated heterocycles. The van der Waals surface area contributed by atoms with Crippen LogP contribution in [0.25, 0.3) is 0 Å². The molecule has 1 atom stereocenters. The lowest BCUT2D eigenvalue weighted by atomic mass is 10.1. The van der Waals surface area contributed by atoms with Crippen LogP contribution in [0.5, 0.6) is 17.2 Å². The van der Waals surface area contributed by atoms with Gasteiger partial charge in [0.2, 0.25) is 6.79 Å². The summed E-state index contributed by atoms with van der Waals surface area (Å²) in [5.41, 5.74) is 2.50. The predicted octanol–water partition coefficient (Wildman–Crippen LogP) is 2.54. The molecule has 2 aliphatic heterocycles. The standard InChI is InChI=1S/C20H18N4O5/c1-26-14-5-2-12(3-6-14)18-9-24-15(10-27-18)19(22-23-24)20(25)21-13-4-7-16-17(8-13)29-11-28-16/h2-8,18H,9-11H2,1H3,(H,21,25). The second-order valence-electron chi connectivity index (χ2n) is 6.66. The first-order valence-corrected chi connectivity index (χ1v) is 9.10. The van der Waals surface area contributed by atoms with Crippen LogP contribution < -0.4 is 19.5 Å². The lowest BCUT2D eigenvalue weighted by molar-refractivity contribution is -0.00173. The van der Waals surface area contributed by atoms with Crippen molar-refractivity contribution in [1.29, 1.82) is 0 Å². The van der Waals surface area contributed by atoms with Crippen LogP contribution in [0.3, 0.4) is 0 Å². The number of rotatable bonds is 4. The molecule has 0 bridgehead atoms. The maximum atomic E-state index is 12.7. The number of anilines is 1. The van der Waals surface area contributed by atoms with E-state index in [-0.39, 0.29) is 31.1 Å². The van der Waals surface area contributed by atoms with Gasteiger partial charge in [-0.3, -0.25) is 4.79 Å². The first-order chi connectivity index (χ1) is 14.2. The molecule has 3 heterocycles. The minimum Gasteiger partial charge on any atom is -0.497 e. The fourth-order valence-electron chi connectivity index (χ4n) is 3.37. The molecule has 1 aromatic heterocycles. The van der Waals surface area contributed by atoms with E-state index in [1.54, 1.807) is 30.0 Å². The van der Waals surface area contributed by atoms with E-state index >= 15 is 0 Å². The van der Waals surface area contributed by atoms with E-state index in [1.807, 2.05) is 24.3 Å². The van der Waals surface area contributed by atoms with E-state index in [0.29, 0.717) is 29.4 Å². The van der Waals surface area contributed by atoms with Gasteiger partial charge >= 0.3 is 0 Å². The highest BCUT2D eigenvalue weighted by Gasteiger charge is 2.28. The fraction of sp³-hybridized carbons (Fsp3) is 0.250. The number of benzene rings is 2. The molecule has 2 aliphatic rings. The third-order valence-corrected chi connectivity index (χ3v) is 4.93. The van der Waals surface area contributed by atoms with Gasteiger partial charge in [0.25, 0.3) is 5.91 Å². The summed E-state index contributed by atoms with van der Waals surface area (Å²) in [6, 6.07) is 12.9. The molecule has 0 spiro atoms. The van der Waals surface area contributed by atoms with E-state index in [2.05, 4.69) is 15.6 Å². The number of fused-ring (bicyclic) bond motifs is 2. The van der Waals surface area contributed by atoms with Crippen LogP contribution in [-0.2, 0) is 17.9 Å². The molecule has 0 radical (unpaired) electrons. The monoisotopic (exact) mass is 394 g/mol. The predicted molar refractivity (Wildman–Crippen MR) is 101 cm³/mol. The topological polar surface area (TPSA) is 96.7 Å². The first-order valence-electron chi connectivity index (χ1n) is 9.10. The molecular formula is C20H18N4O5. The number of carbonyl (C=O) groups excluding carboxylic acids is 1. The Balaban J connectivity index is 1.31. The zero-order valence-corrected chi connectivity index (χ0v) is 15.6. The van der Waals surface area contributed by atoms with Crippen molar-refractivity contribution in [3.63, 3.8) is 0 Å². The molecule has 0 aliphatic carbocycles. The van der Waals surface area contributed by atoms with E-state index in [0.717, 1.165) is 11.3 Å². The van der Waals surface area contributed by atoms with E-state index in [1.165, 1.54) is 0 Å². The average Bonchev–Trinajstić information content (AvgIpc) is 3.39. The van der Waals surface area contributed by atoms with Crippen molar-refractivity contribution in [2.24, 2.45) is 0 Å². The normalized spacial score (nSPS) is 16.9. The molecule has 1 unspecified atom stereocenters. The minimum atomic E-state index is -0.350. The maximum absolute atomic E-state index is 12.7. The maximum Gasteiger partial charge on any atom is 0.278 e. The van der Waals surface area contributed by atoms with Crippen molar-refractivity contribution in [3.8, 4) is 17.2 Å². The van der Waals surface area contributed by atoms with Gasteiger partial charge in [-0.05, 0) is 29.8 Å². The Morgan fingerprint density at radius 3 is 2.83 bits per heavy atom. The van der Waals surface area contributed by atoms with Crippen molar-refractivity contribution >= 4 is 11.6 Å². The zero-order valence-electron chi connectivity index (χ0n) is 15.6. The Morgan fingerprint density at radius 1 is 1.17 bits per heavy atom. The summed E-state index contributed by atoms with van der Waals surface area (Å²) in [5.74, 6) is 1.69. The van der Waals surface area contributed by atoms with E-state index < -0.39 is 0 Å². The molecule has 9 nitrogen and oxygen atoms in total. The second kappa shape index (κ2) is 7.10. The minimum absolute atomic E-state index is 0.167. The lowest BCUT2D eigenvalue weighted by Crippen LogP contribution is -2.24. The molecule has 1 amide bonds. The largest absolute Gasteiger partial charge is 0.497 e. The molecule has 1 N–H and O–H groups in total. The number of nitrogens with one attached hydrogen (secondary N) is 1. The zero-order chi connectivity index (χ0) is 19.8. The Hall–Kier alpha value is -3.59. The number of hydrogen-bond acceptors (Lipinski definition) is 7. The summed E-state index contributed by atoms with van der Waals surface area (Å²) in [6.07, 6.45) is -0.167. The third kappa shape index (κ3) is 3.25. The van der Waals surface area contributed by atoms with Crippen LogP contribution in [0.15, 0.2) is 42.5 Å². The molecule has 0 fully saturated rings. The fourth-order valence-corrected chi connectivity index (χ4v) is 3.37. The second-order valence-corrected chi connectivity index (χ2v) is 6.66. The Bertz CT molecular complexity index is 1060. The van der Waals surface area contributed by atoms with Crippen molar-refractivity contribution in [1.82, 2.24) is 15.0 Å². The smallest absolute Gasteiger partial charge is 0.278 e. The molecule has 3 aromatic rings. The number of nitrogens with zero attached hydrogens (tertiary/aromatic N) is 3. The van der Waals surface area contributed by atoms with Crippen LogP contribution in [-0.4, -0.2) is 34.8 Å². The Kier molecular flexibility index (Phi) is 4.28. The van der Waals surface area contributed by atoms with Crippen LogP contribution in [0, 0.1) is 0 Å². The quantitative estimate of drug-likeness (QED) is 0.726. The molecule has 2 aromatic carbocycles. The van der Waals surface area contributed by atoms with Crippen LogP contribution >= 0.6 is 0 Å². The number of aromatic nitrogens is 3. The molecule has 148 valence electrons. The number of amides is 1. The number of ether oxygens (including phenoxy) is 4. The summed E-state index contributed by atoms with van der Waals surface area (Å²) in [4.78, 5) is 12.7. The SMILES string of the molecule is COc1ccc(C2Cn3nnc(C(=O)Nc4ccc5c(c4)OCO5)c3CO2)cc1. The molecule has 0 saturated carbocycles. The van der Waals surface area contributed by atoms with E-state index in [4.69, 9.17) is 18.9 Å². The van der Waals surface area contributed by atoms with Crippen molar-refractivity contribution in [2.75, 3.05) is 19.2 Å². The number of methoxy groups -OCH3 is 1. The summed E-state index contributed by atoms with van der Waals surface area (Å²) >= 11 is 0. The van der Waals surface area contributed by atoms with Crippen LogP contribution in [0.4, 0.5) is 5.69 Å². The van der Waals surface area contributed by atoms with Gasteiger partial charge in [-0.15, -0.1) is 5.10 Å². The number of hydrogen-bond donors (Lipinski definition) is 1. The average molecular weight is 394 g/mol. The van der Waals surface area contributed by atoms with Crippen molar-refractivity contribution in [3.05, 3.63) is 59.4 Å². The summed E-state index contributed by atoms with van der Waals surface area (Å²) < 4.78 is 23.5. The van der Waals surface area contributed by atoms with Gasteiger partial charge in [0.05, 0.1) is 26.0 Å². The highest BCUT2D eigenvalue weighted by molar-refractivity contribution is 6.03. The molecular weight excluding hydrogens is 376 g/mol. The molecule has 29 heavy (non-hydrogen) atoms. The summed E-state index contributed by atoms with van der Waals surface area (Å²) in [6.45, 7) is 0.900. The van der Waals surface area contributed by atoms with Crippen LogP contribution in [0.1, 0.15) is 27.8 Å². The van der Waals surface area contributed by atoms with Gasteiger partial charge in [0.15, 0.2) is 17.2 Å². The summed E-state index contributed by atoms with van der Waals surface area (Å²) in [7, 11) is 1.63. The van der Waals surface area contributed by atoms with Gasteiger partial charge < -0.3 is 24.3 Å². The van der Waals surface area contributed by atoms with Gasteiger partial charge in [0, 0.05) is 11.8 Å². The van der Waals surface area contributed by atoms with Gasteiger partial charge in [-0.2, -0.15) is 0 Å². The van der Waals surface area contributed by atoms with Gasteiger partial charge in [-0.25, -0.2) is 4.68 Å². The molecule has 9 heteroatoms. The van der Waals surface area contributed by atoms with Gasteiger partial charge in [-0.1, -0.05) is 17.3 Å². The third-order valence-electron chi connectivity index (χ3n) is 4.93. The Labute approximate surface area is 166 Å². The van der Waals surface area contributed by atoms with Crippen molar-refractivity contribution in [2.45, 2.75) is 19.3 Å². The number of carbonyl (C=O) groups is 1. The van der Waals surface area contributed by atoms with Crippen molar-refractivity contribution < 1.29 is 23.7 Å². The Morgan fingerprint density at radius 2 is 2.00 bits per heavy atom.